The summed E-state index contributed by atoms with van der Waals surface area (Å²) in [5, 5.41) is 40.1. The number of hydrogen-bond acceptors (Lipinski definition) is 8. The Morgan fingerprint density at radius 3 is 0.510 bits per heavy atom. The van der Waals surface area contributed by atoms with Crippen molar-refractivity contribution in [1.29, 1.82) is 0 Å². The maximum atomic E-state index is 10.0. The van der Waals surface area contributed by atoms with Gasteiger partial charge in [-0.05, 0) is 51.4 Å². The van der Waals surface area contributed by atoms with Gasteiger partial charge in [0.05, 0.1) is 0 Å². The van der Waals surface area contributed by atoms with E-state index in [1.165, 1.54) is 128 Å². The fourth-order valence-corrected chi connectivity index (χ4v) is 4.91. The fourth-order valence-electron chi connectivity index (χ4n) is 4.91. The van der Waals surface area contributed by atoms with E-state index < -0.39 is 23.9 Å². The first kappa shape index (κ1) is 57.1. The van der Waals surface area contributed by atoms with Gasteiger partial charge in [-0.15, -0.1) is 0 Å². The summed E-state index contributed by atoms with van der Waals surface area (Å²) < 4.78 is 0. The third-order valence-electron chi connectivity index (χ3n) is 7.94. The Morgan fingerprint density at radius 1 is 0.265 bits per heavy atom. The Labute approximate surface area is 321 Å². The van der Waals surface area contributed by atoms with Crippen LogP contribution >= 0.6 is 0 Å². The molecule has 0 aromatic rings. The molecule has 0 bridgehead atoms. The first-order valence-corrected chi connectivity index (χ1v) is 19.9. The number of rotatable bonds is 32. The standard InChI is InChI=1S/4C10H20O2.Zr/c4*1-2-3-4-5-6-7-8-9-10(11)12;/h4*2-9H2,1H3,(H,11,12);/q;;;;+4/p-4. The van der Waals surface area contributed by atoms with Gasteiger partial charge in [0.15, 0.2) is 0 Å². The van der Waals surface area contributed by atoms with Gasteiger partial charge < -0.3 is 39.6 Å². The summed E-state index contributed by atoms with van der Waals surface area (Å²) in [6.45, 7) is 8.76. The number of aliphatic carboxylic acids is 4. The molecule has 0 saturated carbocycles. The van der Waals surface area contributed by atoms with Crippen LogP contribution in [-0.4, -0.2) is 23.9 Å². The van der Waals surface area contributed by atoms with E-state index >= 15 is 0 Å². The molecular formula is C40H76O8Zr. The Kier molecular flexibility index (Phi) is 62.4. The van der Waals surface area contributed by atoms with E-state index in [0.717, 1.165) is 51.4 Å². The van der Waals surface area contributed by atoms with E-state index in [1.54, 1.807) is 0 Å². The maximum absolute atomic E-state index is 10.0. The summed E-state index contributed by atoms with van der Waals surface area (Å²) in [5.41, 5.74) is 0. The zero-order valence-electron chi connectivity index (χ0n) is 32.4. The Hall–Kier alpha value is -1.24. The molecule has 0 aliphatic heterocycles. The van der Waals surface area contributed by atoms with Crippen LogP contribution in [0.1, 0.15) is 233 Å². The fraction of sp³-hybridized carbons (Fsp3) is 0.900. The van der Waals surface area contributed by atoms with E-state index in [9.17, 15) is 39.6 Å². The van der Waals surface area contributed by atoms with Crippen LogP contribution in [0.5, 0.6) is 0 Å². The average Bonchev–Trinajstić information content (AvgIpc) is 3.03. The third kappa shape index (κ3) is 77.5. The van der Waals surface area contributed by atoms with Gasteiger partial charge in [0, 0.05) is 23.9 Å². The van der Waals surface area contributed by atoms with Crippen LogP contribution in [0.4, 0.5) is 0 Å². The van der Waals surface area contributed by atoms with Crippen molar-refractivity contribution in [2.75, 3.05) is 0 Å². The van der Waals surface area contributed by atoms with Crippen molar-refractivity contribution in [2.24, 2.45) is 0 Å². The molecule has 0 aliphatic carbocycles. The number of unbranched alkanes of at least 4 members (excludes halogenated alkanes) is 24. The molecular weight excluding hydrogens is 700 g/mol. The molecule has 0 aromatic carbocycles. The molecule has 0 fully saturated rings. The van der Waals surface area contributed by atoms with E-state index in [4.69, 9.17) is 0 Å². The predicted molar refractivity (Wildman–Crippen MR) is 190 cm³/mol. The second kappa shape index (κ2) is 53.6. The number of carboxylic acids is 4. The van der Waals surface area contributed by atoms with Gasteiger partial charge in [-0.2, -0.15) is 0 Å². The molecule has 0 unspecified atom stereocenters. The van der Waals surface area contributed by atoms with Gasteiger partial charge in [0.1, 0.15) is 0 Å². The zero-order valence-corrected chi connectivity index (χ0v) is 34.9. The van der Waals surface area contributed by atoms with Crippen LogP contribution in [0.3, 0.4) is 0 Å². The van der Waals surface area contributed by atoms with Crippen LogP contribution in [0.25, 0.3) is 0 Å². The normalized spacial score (nSPS) is 9.88. The number of hydrogen-bond donors (Lipinski definition) is 0. The van der Waals surface area contributed by atoms with Crippen LogP contribution in [0.2, 0.25) is 0 Å². The molecule has 9 heteroatoms. The summed E-state index contributed by atoms with van der Waals surface area (Å²) in [5.74, 6) is -3.65. The van der Waals surface area contributed by atoms with Crippen LogP contribution in [0, 0.1) is 0 Å². The van der Waals surface area contributed by atoms with Crippen molar-refractivity contribution in [3.05, 3.63) is 0 Å². The van der Waals surface area contributed by atoms with Crippen molar-refractivity contribution < 1.29 is 65.8 Å². The maximum Gasteiger partial charge on any atom is 4.00 e. The quantitative estimate of drug-likeness (QED) is 0.0635. The van der Waals surface area contributed by atoms with Gasteiger partial charge in [-0.25, -0.2) is 0 Å². The molecule has 0 saturated heterocycles. The van der Waals surface area contributed by atoms with Crippen molar-refractivity contribution in [3.63, 3.8) is 0 Å². The molecule has 0 rings (SSSR count). The van der Waals surface area contributed by atoms with Crippen molar-refractivity contribution in [1.82, 2.24) is 0 Å². The summed E-state index contributed by atoms with van der Waals surface area (Å²) in [6, 6.07) is 0. The van der Waals surface area contributed by atoms with Crippen LogP contribution < -0.4 is 20.4 Å². The number of carbonyl (C=O) groups is 4. The average molecular weight is 776 g/mol. The molecule has 0 radical (unpaired) electrons. The van der Waals surface area contributed by atoms with E-state index in [2.05, 4.69) is 27.7 Å². The third-order valence-corrected chi connectivity index (χ3v) is 7.94. The molecule has 8 nitrogen and oxygen atoms in total. The van der Waals surface area contributed by atoms with Crippen molar-refractivity contribution in [2.45, 2.75) is 233 Å². The Bertz CT molecular complexity index is 561. The molecule has 0 heterocycles. The minimum absolute atomic E-state index is 0. The first-order valence-electron chi connectivity index (χ1n) is 19.9. The first-order chi connectivity index (χ1) is 23.1. The largest absolute Gasteiger partial charge is 4.00 e. The predicted octanol–water partition coefficient (Wildman–Crippen LogP) is 7.51. The second-order valence-corrected chi connectivity index (χ2v) is 13.0. The van der Waals surface area contributed by atoms with E-state index in [0.29, 0.717) is 0 Å². The summed E-state index contributed by atoms with van der Waals surface area (Å²) in [6.07, 6.45) is 33.4. The Morgan fingerprint density at radius 2 is 0.388 bits per heavy atom. The van der Waals surface area contributed by atoms with Gasteiger partial charge >= 0.3 is 26.2 Å². The van der Waals surface area contributed by atoms with Crippen LogP contribution in [0.15, 0.2) is 0 Å². The topological polar surface area (TPSA) is 161 Å². The smallest absolute Gasteiger partial charge is 0.550 e. The molecule has 288 valence electrons. The SMILES string of the molecule is CCCCCCCCCC(=O)[O-].CCCCCCCCCC(=O)[O-].CCCCCCCCCC(=O)[O-].CCCCCCCCCC(=O)[O-].[Zr+4]. The van der Waals surface area contributed by atoms with Crippen LogP contribution in [-0.2, 0) is 45.4 Å². The zero-order chi connectivity index (χ0) is 36.9. The molecule has 0 aromatic heterocycles. The van der Waals surface area contributed by atoms with Gasteiger partial charge in [0.25, 0.3) is 0 Å². The van der Waals surface area contributed by atoms with E-state index in [-0.39, 0.29) is 51.9 Å². The van der Waals surface area contributed by atoms with Crippen molar-refractivity contribution in [3.8, 4) is 0 Å². The Balaban J connectivity index is -0.000000174. The van der Waals surface area contributed by atoms with Gasteiger partial charge in [-0.1, -0.05) is 182 Å². The minimum Gasteiger partial charge on any atom is -0.550 e. The number of carboxylic acid groups (broad SMARTS) is 4. The molecule has 0 N–H and O–H groups in total. The van der Waals surface area contributed by atoms with Gasteiger partial charge in [0.2, 0.25) is 0 Å². The van der Waals surface area contributed by atoms with Crippen molar-refractivity contribution >= 4 is 23.9 Å². The summed E-state index contributed by atoms with van der Waals surface area (Å²) >= 11 is 0. The summed E-state index contributed by atoms with van der Waals surface area (Å²) in [4.78, 5) is 40.1. The molecule has 0 atom stereocenters. The molecule has 49 heavy (non-hydrogen) atoms. The van der Waals surface area contributed by atoms with Gasteiger partial charge in [-0.3, -0.25) is 0 Å². The summed E-state index contributed by atoms with van der Waals surface area (Å²) in [7, 11) is 0. The number of carbonyl (C=O) groups excluding carboxylic acids is 4. The monoisotopic (exact) mass is 774 g/mol. The molecule has 0 aliphatic rings. The second-order valence-electron chi connectivity index (χ2n) is 13.0. The van der Waals surface area contributed by atoms with E-state index in [1.807, 2.05) is 0 Å². The minimum atomic E-state index is -0.913. The molecule has 0 spiro atoms. The molecule has 0 amide bonds.